The van der Waals surface area contributed by atoms with Crippen molar-refractivity contribution < 1.29 is 0 Å². The van der Waals surface area contributed by atoms with E-state index in [2.05, 4.69) is 99.8 Å². The molecule has 4 aromatic carbocycles. The van der Waals surface area contributed by atoms with Crippen LogP contribution in [-0.2, 0) is 0 Å². The van der Waals surface area contributed by atoms with Crippen LogP contribution >= 0.6 is 0 Å². The number of imidazole rings is 1. The first-order valence-electron chi connectivity index (χ1n) is 12.4. The molecule has 1 aromatic heterocycles. The number of hydrazone groups is 1. The quantitative estimate of drug-likeness (QED) is 0.345. The van der Waals surface area contributed by atoms with Crippen LogP contribution in [0.4, 0.5) is 11.6 Å². The van der Waals surface area contributed by atoms with Gasteiger partial charge in [-0.2, -0.15) is 5.10 Å². The molecular weight excluding hydrogens is 458 g/mol. The van der Waals surface area contributed by atoms with Gasteiger partial charge in [-0.3, -0.25) is 14.9 Å². The average Bonchev–Trinajstić information content (AvgIpc) is 3.56. The number of hydrogen-bond donors (Lipinski definition) is 2. The Balaban J connectivity index is 1.27. The van der Waals surface area contributed by atoms with Gasteiger partial charge < -0.3 is 5.73 Å². The molecule has 37 heavy (non-hydrogen) atoms. The molecule has 7 rings (SSSR count). The topological polar surface area (TPSA) is 83.8 Å². The minimum absolute atomic E-state index is 0.124. The second-order valence-electron chi connectivity index (χ2n) is 9.29. The van der Waals surface area contributed by atoms with Crippen molar-refractivity contribution in [3.63, 3.8) is 0 Å². The molecule has 3 heterocycles. The number of nitrogens with zero attached hydrogens (tertiary/aromatic N) is 5. The fraction of sp³-hybridized carbons (Fsp3) is 0.100. The molecule has 7 nitrogen and oxygen atoms in total. The summed E-state index contributed by atoms with van der Waals surface area (Å²) in [4.78, 5) is 9.43. The number of aliphatic imine (C=N–C) groups is 1. The first-order chi connectivity index (χ1) is 18.2. The number of nitrogens with two attached hydrogens (primary N) is 1. The van der Waals surface area contributed by atoms with Gasteiger partial charge in [-0.15, -0.1) is 0 Å². The van der Waals surface area contributed by atoms with E-state index in [4.69, 9.17) is 20.8 Å². The molecule has 0 bridgehead atoms. The van der Waals surface area contributed by atoms with Gasteiger partial charge in [0, 0.05) is 6.42 Å². The molecule has 0 saturated carbocycles. The average molecular weight is 484 g/mol. The van der Waals surface area contributed by atoms with E-state index in [0.717, 1.165) is 40.0 Å². The van der Waals surface area contributed by atoms with Crippen molar-refractivity contribution in [3.05, 3.63) is 126 Å². The lowest BCUT2D eigenvalue weighted by Gasteiger charge is -2.26. The summed E-state index contributed by atoms with van der Waals surface area (Å²) in [7, 11) is 0. The second kappa shape index (κ2) is 8.64. The lowest BCUT2D eigenvalue weighted by atomic mass is 9.98. The third kappa shape index (κ3) is 3.72. The van der Waals surface area contributed by atoms with E-state index in [1.165, 1.54) is 5.56 Å². The van der Waals surface area contributed by atoms with E-state index in [9.17, 15) is 0 Å². The summed E-state index contributed by atoms with van der Waals surface area (Å²) in [6, 6.07) is 37.6. The molecule has 2 aliphatic heterocycles. The minimum Gasteiger partial charge on any atom is -0.370 e. The Morgan fingerprint density at radius 3 is 2.24 bits per heavy atom. The molecule has 180 valence electrons. The third-order valence-electron chi connectivity index (χ3n) is 7.00. The van der Waals surface area contributed by atoms with Gasteiger partial charge in [0.25, 0.3) is 0 Å². The molecule has 2 atom stereocenters. The van der Waals surface area contributed by atoms with Crippen LogP contribution in [0.2, 0.25) is 0 Å². The second-order valence-corrected chi connectivity index (χ2v) is 9.29. The number of para-hydroxylation sites is 2. The van der Waals surface area contributed by atoms with Crippen molar-refractivity contribution in [1.82, 2.24) is 9.55 Å². The van der Waals surface area contributed by atoms with Gasteiger partial charge in [0.1, 0.15) is 0 Å². The third-order valence-corrected chi connectivity index (χ3v) is 7.00. The summed E-state index contributed by atoms with van der Waals surface area (Å²) in [6.45, 7) is 0. The van der Waals surface area contributed by atoms with Crippen LogP contribution in [0.15, 0.2) is 119 Å². The highest BCUT2D eigenvalue weighted by atomic mass is 15.5. The Labute approximate surface area is 214 Å². The maximum atomic E-state index is 6.14. The first kappa shape index (κ1) is 21.4. The molecule has 0 unspecified atom stereocenters. The van der Waals surface area contributed by atoms with E-state index >= 15 is 0 Å². The van der Waals surface area contributed by atoms with Crippen LogP contribution in [-0.4, -0.2) is 21.2 Å². The zero-order valence-corrected chi connectivity index (χ0v) is 20.1. The predicted octanol–water partition coefficient (Wildman–Crippen LogP) is 5.68. The smallest absolute Gasteiger partial charge is 0.212 e. The Kier molecular flexibility index (Phi) is 4.99. The van der Waals surface area contributed by atoms with E-state index in [1.54, 1.807) is 0 Å². The lowest BCUT2D eigenvalue weighted by molar-refractivity contribution is 0.625. The molecule has 0 fully saturated rings. The minimum atomic E-state index is -0.301. The van der Waals surface area contributed by atoms with Gasteiger partial charge in [0.2, 0.25) is 5.95 Å². The maximum absolute atomic E-state index is 6.14. The molecule has 3 N–H and O–H groups in total. The van der Waals surface area contributed by atoms with Gasteiger partial charge in [-0.05, 0) is 41.0 Å². The number of hydrogen-bond acceptors (Lipinski definition) is 6. The van der Waals surface area contributed by atoms with Gasteiger partial charge in [0.15, 0.2) is 12.1 Å². The molecule has 5 aromatic rings. The van der Waals surface area contributed by atoms with E-state index in [1.807, 2.05) is 24.3 Å². The summed E-state index contributed by atoms with van der Waals surface area (Å²) in [5, 5.41) is 10.3. The van der Waals surface area contributed by atoms with Crippen molar-refractivity contribution in [3.8, 4) is 0 Å². The van der Waals surface area contributed by atoms with Crippen molar-refractivity contribution in [1.29, 1.82) is 0 Å². The van der Waals surface area contributed by atoms with Gasteiger partial charge in [-0.25, -0.2) is 9.98 Å². The maximum Gasteiger partial charge on any atom is 0.212 e. The highest BCUT2D eigenvalue weighted by Gasteiger charge is 2.30. The number of nitrogens with one attached hydrogen (secondary N) is 1. The lowest BCUT2D eigenvalue weighted by Crippen LogP contribution is -2.31. The zero-order chi connectivity index (χ0) is 24.8. The van der Waals surface area contributed by atoms with Crippen LogP contribution in [0.25, 0.3) is 11.0 Å². The summed E-state index contributed by atoms with van der Waals surface area (Å²) in [5.41, 5.74) is 13.6. The Morgan fingerprint density at radius 1 is 0.757 bits per heavy atom. The molecule has 0 spiro atoms. The highest BCUT2D eigenvalue weighted by Crippen LogP contribution is 2.38. The van der Waals surface area contributed by atoms with Crippen molar-refractivity contribution >= 4 is 34.3 Å². The molecular formula is C30H25N7. The fourth-order valence-corrected chi connectivity index (χ4v) is 5.23. The van der Waals surface area contributed by atoms with Crippen LogP contribution in [0.5, 0.6) is 0 Å². The summed E-state index contributed by atoms with van der Waals surface area (Å²) >= 11 is 0. The zero-order valence-electron chi connectivity index (χ0n) is 20.1. The number of rotatable bonds is 4. The molecule has 0 amide bonds. The molecule has 0 radical (unpaired) electrons. The van der Waals surface area contributed by atoms with Crippen molar-refractivity contribution in [2.45, 2.75) is 18.6 Å². The normalized spacial score (nSPS) is 18.8. The summed E-state index contributed by atoms with van der Waals surface area (Å²) in [6.07, 6.45) is 0.541. The van der Waals surface area contributed by atoms with Gasteiger partial charge >= 0.3 is 0 Å². The summed E-state index contributed by atoms with van der Waals surface area (Å²) in [5.74, 6) is 1.06. The molecule has 7 heteroatoms. The van der Waals surface area contributed by atoms with Crippen LogP contribution in [0, 0.1) is 0 Å². The number of anilines is 2. The van der Waals surface area contributed by atoms with Crippen molar-refractivity contribution in [2.24, 2.45) is 15.8 Å². The monoisotopic (exact) mass is 483 g/mol. The largest absolute Gasteiger partial charge is 0.370 e. The fourth-order valence-electron chi connectivity index (χ4n) is 5.23. The Hall–Kier alpha value is -4.91. The van der Waals surface area contributed by atoms with Gasteiger partial charge in [-0.1, -0.05) is 84.9 Å². The number of benzene rings is 4. The summed E-state index contributed by atoms with van der Waals surface area (Å²) < 4.78 is 2.09. The first-order valence-corrected chi connectivity index (χ1v) is 12.4. The van der Waals surface area contributed by atoms with Crippen LogP contribution in [0.1, 0.15) is 35.3 Å². The van der Waals surface area contributed by atoms with E-state index in [0.29, 0.717) is 11.9 Å². The van der Waals surface area contributed by atoms with Crippen molar-refractivity contribution in [2.75, 3.05) is 10.3 Å². The van der Waals surface area contributed by atoms with Crippen LogP contribution in [0.3, 0.4) is 0 Å². The highest BCUT2D eigenvalue weighted by molar-refractivity contribution is 6.03. The molecule has 0 saturated heterocycles. The van der Waals surface area contributed by atoms with Gasteiger partial charge in [0.05, 0.1) is 28.5 Å². The number of fused-ring (bicyclic) bond motifs is 3. The molecule has 0 aliphatic carbocycles. The predicted molar refractivity (Wildman–Crippen MR) is 149 cm³/mol. The van der Waals surface area contributed by atoms with Crippen LogP contribution < -0.4 is 16.1 Å². The number of guanidine groups is 1. The van der Waals surface area contributed by atoms with E-state index < -0.39 is 0 Å². The standard InChI is InChI=1S/C30H25N7/c31-29-33-28(36-26-14-8-7-13-24(26)32-30(36)34-29)22-15-17-23(18-16-22)37-27(21-11-5-2-6-12-21)19-25(35-37)20-9-3-1-4-10-20/h1-18,27-28H,19H2,(H3,31,32,33,34)/t27-,28+/m0/s1. The SMILES string of the molecule is NC1=N[C@@H](c2ccc(N3N=C(c4ccccc4)C[C@H]3c3ccccc3)cc2)n2c(nc3ccccc32)N1. The Bertz CT molecular complexity index is 1640. The Morgan fingerprint density at radius 2 is 1.46 bits per heavy atom. The number of aromatic nitrogens is 2. The molecule has 2 aliphatic rings. The van der Waals surface area contributed by atoms with E-state index in [-0.39, 0.29) is 12.2 Å².